The van der Waals surface area contributed by atoms with Gasteiger partial charge in [0, 0.05) is 0 Å². The molecule has 0 aliphatic rings. The SMILES string of the molecule is CC(=O)CC(C)=O.OB(O)O. The molecule has 0 heterocycles. The molecule has 3 N–H and O–H groups in total. The zero-order valence-corrected chi connectivity index (χ0v) is 6.44. The van der Waals surface area contributed by atoms with Crippen LogP contribution >= 0.6 is 0 Å². The maximum atomic E-state index is 10.0. The lowest BCUT2D eigenvalue weighted by molar-refractivity contribution is -0.124. The fourth-order valence-electron chi connectivity index (χ4n) is 0.351. The Labute approximate surface area is 64.8 Å². The minimum absolute atomic E-state index is 0.0625. The second-order valence-corrected chi connectivity index (χ2v) is 1.93. The highest BCUT2D eigenvalue weighted by atomic mass is 16.5. The summed E-state index contributed by atoms with van der Waals surface area (Å²) in [7, 11) is -2.17. The van der Waals surface area contributed by atoms with Crippen LogP contribution in [-0.2, 0) is 9.59 Å². The van der Waals surface area contributed by atoms with Crippen molar-refractivity contribution in [3.05, 3.63) is 0 Å². The Morgan fingerprint density at radius 1 is 1.09 bits per heavy atom. The molecular weight excluding hydrogens is 151 g/mol. The van der Waals surface area contributed by atoms with Crippen molar-refractivity contribution in [2.24, 2.45) is 0 Å². The lowest BCUT2D eigenvalue weighted by Gasteiger charge is -1.81. The van der Waals surface area contributed by atoms with Gasteiger partial charge in [-0.15, -0.1) is 0 Å². The van der Waals surface area contributed by atoms with Crippen LogP contribution in [-0.4, -0.2) is 34.0 Å². The predicted molar refractivity (Wildman–Crippen MR) is 38.4 cm³/mol. The smallest absolute Gasteiger partial charge is 0.402 e. The summed E-state index contributed by atoms with van der Waals surface area (Å²) in [5, 5.41) is 21.5. The van der Waals surface area contributed by atoms with E-state index in [1.165, 1.54) is 13.8 Å². The maximum absolute atomic E-state index is 10.0. The number of hydrogen-bond donors (Lipinski definition) is 3. The summed E-state index contributed by atoms with van der Waals surface area (Å²) in [6.45, 7) is 2.81. The number of carbonyl (C=O) groups excluding carboxylic acids is 2. The summed E-state index contributed by atoms with van der Waals surface area (Å²) in [6, 6.07) is 0. The van der Waals surface area contributed by atoms with Crippen LogP contribution in [0.15, 0.2) is 0 Å². The second kappa shape index (κ2) is 7.39. The van der Waals surface area contributed by atoms with Crippen molar-refractivity contribution in [1.82, 2.24) is 0 Å². The highest BCUT2D eigenvalue weighted by Crippen LogP contribution is 1.80. The van der Waals surface area contributed by atoms with Gasteiger partial charge in [0.2, 0.25) is 0 Å². The van der Waals surface area contributed by atoms with Gasteiger partial charge in [-0.3, -0.25) is 9.59 Å². The molecule has 0 amide bonds. The number of rotatable bonds is 2. The van der Waals surface area contributed by atoms with E-state index in [1.54, 1.807) is 0 Å². The Morgan fingerprint density at radius 3 is 1.27 bits per heavy atom. The van der Waals surface area contributed by atoms with E-state index in [2.05, 4.69) is 0 Å². The molecular formula is C5H11BO5. The third-order valence-corrected chi connectivity index (χ3v) is 0.498. The number of ketones is 2. The van der Waals surface area contributed by atoms with E-state index >= 15 is 0 Å². The van der Waals surface area contributed by atoms with Gasteiger partial charge in [0.1, 0.15) is 11.6 Å². The van der Waals surface area contributed by atoms with Gasteiger partial charge in [0.25, 0.3) is 0 Å². The van der Waals surface area contributed by atoms with Crippen molar-refractivity contribution in [3.63, 3.8) is 0 Å². The molecule has 0 aliphatic heterocycles. The summed E-state index contributed by atoms with van der Waals surface area (Å²) >= 11 is 0. The van der Waals surface area contributed by atoms with Crippen molar-refractivity contribution in [3.8, 4) is 0 Å². The van der Waals surface area contributed by atoms with Crippen molar-refractivity contribution in [2.45, 2.75) is 20.3 Å². The average molecular weight is 162 g/mol. The van der Waals surface area contributed by atoms with Gasteiger partial charge in [0.15, 0.2) is 0 Å². The molecule has 0 bridgehead atoms. The fraction of sp³-hybridized carbons (Fsp3) is 0.600. The Morgan fingerprint density at radius 2 is 1.27 bits per heavy atom. The minimum atomic E-state index is -2.17. The van der Waals surface area contributed by atoms with E-state index in [4.69, 9.17) is 15.1 Å². The van der Waals surface area contributed by atoms with E-state index in [-0.39, 0.29) is 18.0 Å². The summed E-state index contributed by atoms with van der Waals surface area (Å²) in [5.74, 6) is -0.125. The molecule has 11 heavy (non-hydrogen) atoms. The van der Waals surface area contributed by atoms with Gasteiger partial charge in [-0.2, -0.15) is 0 Å². The molecule has 0 radical (unpaired) electrons. The summed E-state index contributed by atoms with van der Waals surface area (Å²) in [5.41, 5.74) is 0. The van der Waals surface area contributed by atoms with Gasteiger partial charge in [-0.25, -0.2) is 0 Å². The molecule has 0 aromatic carbocycles. The lowest BCUT2D eigenvalue weighted by Crippen LogP contribution is -2.07. The maximum Gasteiger partial charge on any atom is 0.631 e. The zero-order valence-electron chi connectivity index (χ0n) is 6.44. The highest BCUT2D eigenvalue weighted by molar-refractivity contribution is 6.30. The van der Waals surface area contributed by atoms with E-state index in [9.17, 15) is 9.59 Å². The Balaban J connectivity index is 0. The molecule has 5 nitrogen and oxygen atoms in total. The first-order valence-electron chi connectivity index (χ1n) is 2.89. The van der Waals surface area contributed by atoms with Gasteiger partial charge in [-0.05, 0) is 13.8 Å². The molecule has 0 saturated heterocycles. The molecule has 64 valence electrons. The van der Waals surface area contributed by atoms with Crippen LogP contribution in [0.2, 0.25) is 0 Å². The van der Waals surface area contributed by atoms with Gasteiger partial charge in [-0.1, -0.05) is 0 Å². The minimum Gasteiger partial charge on any atom is -0.402 e. The highest BCUT2D eigenvalue weighted by Gasteiger charge is 1.94. The first-order valence-corrected chi connectivity index (χ1v) is 2.89. The van der Waals surface area contributed by atoms with E-state index in [0.29, 0.717) is 0 Å². The number of Topliss-reactive ketones (excluding diaryl/α,β-unsaturated/α-hetero) is 2. The molecule has 0 aliphatic carbocycles. The molecule has 0 fully saturated rings. The normalized spacial score (nSPS) is 7.73. The summed E-state index contributed by atoms with van der Waals surface area (Å²) in [6.07, 6.45) is 0.0833. The fourth-order valence-corrected chi connectivity index (χ4v) is 0.351. The van der Waals surface area contributed by atoms with Crippen molar-refractivity contribution < 1.29 is 24.7 Å². The summed E-state index contributed by atoms with van der Waals surface area (Å²) < 4.78 is 0. The van der Waals surface area contributed by atoms with Crippen LogP contribution in [0, 0.1) is 0 Å². The van der Waals surface area contributed by atoms with E-state index < -0.39 is 7.32 Å². The molecule has 0 spiro atoms. The third-order valence-electron chi connectivity index (χ3n) is 0.498. The number of carbonyl (C=O) groups is 2. The molecule has 0 atom stereocenters. The van der Waals surface area contributed by atoms with E-state index in [1.807, 2.05) is 0 Å². The third kappa shape index (κ3) is 45.7. The molecule has 0 aromatic rings. The first-order chi connectivity index (χ1) is 4.86. The van der Waals surface area contributed by atoms with Crippen LogP contribution < -0.4 is 0 Å². The Bertz CT molecular complexity index is 118. The summed E-state index contributed by atoms with van der Waals surface area (Å²) in [4.78, 5) is 20.1. The standard InChI is InChI=1S/C5H8O2.BH3O3/c1-4(6)3-5(2)7;2-1(3)4/h3H2,1-2H3;2-4H. The van der Waals surface area contributed by atoms with Crippen molar-refractivity contribution in [1.29, 1.82) is 0 Å². The zero-order chi connectivity index (χ0) is 9.44. The van der Waals surface area contributed by atoms with Crippen LogP contribution in [0.25, 0.3) is 0 Å². The Kier molecular flexibility index (Phi) is 8.68. The monoisotopic (exact) mass is 162 g/mol. The van der Waals surface area contributed by atoms with Crippen molar-refractivity contribution in [2.75, 3.05) is 0 Å². The van der Waals surface area contributed by atoms with Crippen LogP contribution in [0.3, 0.4) is 0 Å². The Hall–Kier alpha value is -0.715. The van der Waals surface area contributed by atoms with E-state index in [0.717, 1.165) is 0 Å². The van der Waals surface area contributed by atoms with Crippen LogP contribution in [0.5, 0.6) is 0 Å². The molecule has 0 saturated carbocycles. The second-order valence-electron chi connectivity index (χ2n) is 1.93. The van der Waals surface area contributed by atoms with Crippen LogP contribution in [0.4, 0.5) is 0 Å². The average Bonchev–Trinajstić information content (AvgIpc) is 1.56. The van der Waals surface area contributed by atoms with Crippen molar-refractivity contribution >= 4 is 18.9 Å². The van der Waals surface area contributed by atoms with Gasteiger partial charge >= 0.3 is 7.32 Å². The molecule has 0 rings (SSSR count). The topological polar surface area (TPSA) is 94.8 Å². The van der Waals surface area contributed by atoms with Gasteiger partial charge in [0.05, 0.1) is 6.42 Å². The van der Waals surface area contributed by atoms with Crippen LogP contribution in [0.1, 0.15) is 20.3 Å². The lowest BCUT2D eigenvalue weighted by atomic mass is 10.2. The quantitative estimate of drug-likeness (QED) is 0.339. The largest absolute Gasteiger partial charge is 0.631 e. The molecule has 0 unspecified atom stereocenters. The van der Waals surface area contributed by atoms with Gasteiger partial charge < -0.3 is 15.1 Å². The predicted octanol–water partition coefficient (Wildman–Crippen LogP) is -1.50. The number of hydrogen-bond acceptors (Lipinski definition) is 5. The molecule has 0 aromatic heterocycles. The first kappa shape index (κ1) is 12.9. The molecule has 6 heteroatoms.